The van der Waals surface area contributed by atoms with Gasteiger partial charge < -0.3 is 5.32 Å². The third-order valence-electron chi connectivity index (χ3n) is 2.12. The molecule has 0 aromatic heterocycles. The molecule has 0 saturated carbocycles. The van der Waals surface area contributed by atoms with E-state index in [0.29, 0.717) is 0 Å². The second-order valence-electron chi connectivity index (χ2n) is 4.27. The van der Waals surface area contributed by atoms with Crippen LogP contribution in [0, 0.1) is 11.7 Å². The maximum atomic E-state index is 12.6. The highest BCUT2D eigenvalue weighted by molar-refractivity contribution is 7.99. The molecule has 0 amide bonds. The van der Waals surface area contributed by atoms with Crippen molar-refractivity contribution in [3.63, 3.8) is 0 Å². The fourth-order valence-electron chi connectivity index (χ4n) is 1.30. The minimum Gasteiger partial charge on any atom is -0.312 e. The lowest BCUT2D eigenvalue weighted by molar-refractivity contribution is 0.625. The van der Waals surface area contributed by atoms with Crippen LogP contribution in [0.15, 0.2) is 24.3 Å². The van der Waals surface area contributed by atoms with Crippen molar-refractivity contribution in [2.45, 2.75) is 20.4 Å². The van der Waals surface area contributed by atoms with E-state index >= 15 is 0 Å². The summed E-state index contributed by atoms with van der Waals surface area (Å²) < 4.78 is 12.6. The molecule has 0 aliphatic carbocycles. The molecule has 0 radical (unpaired) electrons. The van der Waals surface area contributed by atoms with Crippen LogP contribution in [0.25, 0.3) is 0 Å². The maximum absolute atomic E-state index is 12.6. The van der Waals surface area contributed by atoms with Crippen LogP contribution in [-0.4, -0.2) is 18.1 Å². The van der Waals surface area contributed by atoms with Crippen molar-refractivity contribution < 1.29 is 4.39 Å². The molecule has 0 aliphatic heterocycles. The zero-order valence-electron chi connectivity index (χ0n) is 10.0. The van der Waals surface area contributed by atoms with Gasteiger partial charge in [-0.15, -0.1) is 0 Å². The molecule has 0 heterocycles. The summed E-state index contributed by atoms with van der Waals surface area (Å²) in [6.07, 6.45) is 0. The van der Waals surface area contributed by atoms with E-state index in [1.165, 1.54) is 17.9 Å². The van der Waals surface area contributed by atoms with Gasteiger partial charge in [-0.3, -0.25) is 0 Å². The molecule has 1 aromatic carbocycles. The average molecular weight is 241 g/mol. The number of benzene rings is 1. The molecule has 0 atom stereocenters. The van der Waals surface area contributed by atoms with Gasteiger partial charge in [0.05, 0.1) is 0 Å². The Morgan fingerprint density at radius 3 is 2.56 bits per heavy atom. The predicted molar refractivity (Wildman–Crippen MR) is 70.3 cm³/mol. The maximum Gasteiger partial charge on any atom is 0.123 e. The standard InChI is InChI=1S/C13H20FNS/c1-11(2)10-16-8-7-15-9-12-3-5-13(14)6-4-12/h3-6,11,15H,7-10H2,1-2H3. The number of halogens is 1. The van der Waals surface area contributed by atoms with Crippen LogP contribution in [0.3, 0.4) is 0 Å². The SMILES string of the molecule is CC(C)CSCCNCc1ccc(F)cc1. The number of thioether (sulfide) groups is 1. The number of nitrogens with one attached hydrogen (secondary N) is 1. The Hall–Kier alpha value is -0.540. The van der Waals surface area contributed by atoms with E-state index in [1.807, 2.05) is 23.9 Å². The highest BCUT2D eigenvalue weighted by atomic mass is 32.2. The molecule has 0 fully saturated rings. The number of hydrogen-bond acceptors (Lipinski definition) is 2. The van der Waals surface area contributed by atoms with Crippen molar-refractivity contribution in [1.82, 2.24) is 5.32 Å². The lowest BCUT2D eigenvalue weighted by atomic mass is 10.2. The monoisotopic (exact) mass is 241 g/mol. The minimum absolute atomic E-state index is 0.170. The van der Waals surface area contributed by atoms with Crippen LogP contribution >= 0.6 is 11.8 Å². The minimum atomic E-state index is -0.170. The second-order valence-corrected chi connectivity index (χ2v) is 5.42. The van der Waals surface area contributed by atoms with Gasteiger partial charge in [0.15, 0.2) is 0 Å². The molecule has 1 nitrogen and oxygen atoms in total. The van der Waals surface area contributed by atoms with E-state index in [4.69, 9.17) is 0 Å². The average Bonchev–Trinajstić information content (AvgIpc) is 2.25. The van der Waals surface area contributed by atoms with Gasteiger partial charge >= 0.3 is 0 Å². The van der Waals surface area contributed by atoms with Crippen LogP contribution in [0.4, 0.5) is 4.39 Å². The van der Waals surface area contributed by atoms with Crippen LogP contribution in [0.5, 0.6) is 0 Å². The molecule has 90 valence electrons. The Morgan fingerprint density at radius 1 is 1.25 bits per heavy atom. The molecule has 3 heteroatoms. The summed E-state index contributed by atoms with van der Waals surface area (Å²) in [5.41, 5.74) is 1.13. The van der Waals surface area contributed by atoms with Crippen molar-refractivity contribution in [2.24, 2.45) is 5.92 Å². The van der Waals surface area contributed by atoms with Crippen LogP contribution < -0.4 is 5.32 Å². The zero-order chi connectivity index (χ0) is 11.8. The lowest BCUT2D eigenvalue weighted by Gasteiger charge is -2.06. The summed E-state index contributed by atoms with van der Waals surface area (Å²) in [5, 5.41) is 3.35. The molecule has 0 aliphatic rings. The van der Waals surface area contributed by atoms with Gasteiger partial charge in [0.2, 0.25) is 0 Å². The molecule has 16 heavy (non-hydrogen) atoms. The molecule has 0 bridgehead atoms. The van der Waals surface area contributed by atoms with Crippen molar-refractivity contribution in [1.29, 1.82) is 0 Å². The summed E-state index contributed by atoms with van der Waals surface area (Å²) in [6.45, 7) is 6.30. The predicted octanol–water partition coefficient (Wildman–Crippen LogP) is 3.30. The Morgan fingerprint density at radius 2 is 1.94 bits per heavy atom. The fraction of sp³-hybridized carbons (Fsp3) is 0.538. The van der Waals surface area contributed by atoms with E-state index < -0.39 is 0 Å². The first-order valence-corrected chi connectivity index (χ1v) is 6.87. The molecule has 1 aromatic rings. The molecule has 1 N–H and O–H groups in total. The fourth-order valence-corrected chi connectivity index (χ4v) is 2.23. The third kappa shape index (κ3) is 6.13. The first-order chi connectivity index (χ1) is 7.68. The summed E-state index contributed by atoms with van der Waals surface area (Å²) in [5.74, 6) is 2.95. The summed E-state index contributed by atoms with van der Waals surface area (Å²) >= 11 is 1.98. The second kappa shape index (κ2) is 7.69. The molecular weight excluding hydrogens is 221 g/mol. The smallest absolute Gasteiger partial charge is 0.123 e. The van der Waals surface area contributed by atoms with Gasteiger partial charge in [-0.1, -0.05) is 26.0 Å². The normalized spacial score (nSPS) is 11.0. The van der Waals surface area contributed by atoms with E-state index in [1.54, 1.807) is 0 Å². The third-order valence-corrected chi connectivity index (χ3v) is 3.51. The molecule has 0 saturated heterocycles. The highest BCUT2D eigenvalue weighted by Gasteiger charge is 1.95. The lowest BCUT2D eigenvalue weighted by Crippen LogP contribution is -2.16. The first kappa shape index (κ1) is 13.5. The van der Waals surface area contributed by atoms with E-state index in [-0.39, 0.29) is 5.82 Å². The Bertz CT molecular complexity index is 284. The van der Waals surface area contributed by atoms with Crippen LogP contribution in [0.2, 0.25) is 0 Å². The quantitative estimate of drug-likeness (QED) is 0.735. The zero-order valence-corrected chi connectivity index (χ0v) is 10.8. The summed E-state index contributed by atoms with van der Waals surface area (Å²) in [6, 6.07) is 6.65. The van der Waals surface area contributed by atoms with Crippen molar-refractivity contribution in [2.75, 3.05) is 18.1 Å². The Balaban J connectivity index is 2.05. The molecule has 0 unspecified atom stereocenters. The van der Waals surface area contributed by atoms with Gasteiger partial charge in [0.1, 0.15) is 5.82 Å². The highest BCUT2D eigenvalue weighted by Crippen LogP contribution is 2.06. The van der Waals surface area contributed by atoms with Crippen molar-refractivity contribution in [3.8, 4) is 0 Å². The van der Waals surface area contributed by atoms with Crippen LogP contribution in [-0.2, 0) is 6.54 Å². The Kier molecular flexibility index (Phi) is 6.50. The Labute approximate surface area is 102 Å². The van der Waals surface area contributed by atoms with E-state index in [2.05, 4.69) is 19.2 Å². The van der Waals surface area contributed by atoms with E-state index in [0.717, 1.165) is 30.3 Å². The van der Waals surface area contributed by atoms with Gasteiger partial charge in [-0.2, -0.15) is 11.8 Å². The topological polar surface area (TPSA) is 12.0 Å². The van der Waals surface area contributed by atoms with Gasteiger partial charge in [-0.05, 0) is 29.4 Å². The summed E-state index contributed by atoms with van der Waals surface area (Å²) in [4.78, 5) is 0. The summed E-state index contributed by atoms with van der Waals surface area (Å²) in [7, 11) is 0. The first-order valence-electron chi connectivity index (χ1n) is 5.71. The van der Waals surface area contributed by atoms with Crippen LogP contribution in [0.1, 0.15) is 19.4 Å². The van der Waals surface area contributed by atoms with Gasteiger partial charge in [0, 0.05) is 18.8 Å². The van der Waals surface area contributed by atoms with E-state index in [9.17, 15) is 4.39 Å². The van der Waals surface area contributed by atoms with Gasteiger partial charge in [-0.25, -0.2) is 4.39 Å². The molecule has 0 spiro atoms. The van der Waals surface area contributed by atoms with Crippen molar-refractivity contribution in [3.05, 3.63) is 35.6 Å². The van der Waals surface area contributed by atoms with Gasteiger partial charge in [0.25, 0.3) is 0 Å². The molecular formula is C13H20FNS. The number of hydrogen-bond donors (Lipinski definition) is 1. The number of rotatable bonds is 7. The molecule has 1 rings (SSSR count). The largest absolute Gasteiger partial charge is 0.312 e. The van der Waals surface area contributed by atoms with Crippen molar-refractivity contribution >= 4 is 11.8 Å².